The molecule has 0 amide bonds. The Balaban J connectivity index is 0.00000423. The fraction of sp³-hybridized carbons (Fsp3) is 0.242. The Hall–Kier alpha value is -4.53. The number of carboxylic acid groups (broad SMARTS) is 2. The molecule has 0 fully saturated rings. The van der Waals surface area contributed by atoms with E-state index in [0.717, 1.165) is 39.7 Å². The van der Waals surface area contributed by atoms with Crippen molar-refractivity contribution in [1.82, 2.24) is 19.9 Å². The summed E-state index contributed by atoms with van der Waals surface area (Å²) in [5.74, 6) is -1.84. The van der Waals surface area contributed by atoms with Crippen molar-refractivity contribution in [1.29, 1.82) is 0 Å². The van der Waals surface area contributed by atoms with Crippen LogP contribution >= 0.6 is 0 Å². The maximum absolute atomic E-state index is 12.1. The van der Waals surface area contributed by atoms with E-state index >= 15 is 0 Å². The van der Waals surface area contributed by atoms with Gasteiger partial charge >= 0.3 is 29.0 Å². The predicted octanol–water partition coefficient (Wildman–Crippen LogP) is 0.865. The number of fused-ring (bicyclic) bond motifs is 8. The van der Waals surface area contributed by atoms with Crippen LogP contribution in [0, 0.1) is 27.7 Å². The molecule has 0 aromatic carbocycles. The maximum atomic E-state index is 12.1. The molecular weight excluding hydrogens is 588 g/mol. The van der Waals surface area contributed by atoms with E-state index in [4.69, 9.17) is 19.9 Å². The average Bonchev–Trinajstić information content (AvgIpc) is 3.59. The van der Waals surface area contributed by atoms with Crippen LogP contribution < -0.4 is 41.3 Å². The van der Waals surface area contributed by atoms with Crippen molar-refractivity contribution >= 4 is 48.6 Å². The zero-order valence-corrected chi connectivity index (χ0v) is 25.4. The summed E-state index contributed by atoms with van der Waals surface area (Å²) in [5, 5.41) is 21.1. The summed E-state index contributed by atoms with van der Waals surface area (Å²) in [5.41, 5.74) is 8.52. The number of nitrogens with zero attached hydrogens (tertiary/aromatic N) is 4. The van der Waals surface area contributed by atoms with Gasteiger partial charge in [0.2, 0.25) is 0 Å². The summed E-state index contributed by atoms with van der Waals surface area (Å²) < 4.78 is 0. The van der Waals surface area contributed by atoms with Gasteiger partial charge in [-0.25, -0.2) is 0 Å². The first-order chi connectivity index (χ1) is 20.0. The Morgan fingerprint density at radius 2 is 1.16 bits per heavy atom. The molecule has 0 spiro atoms. The fourth-order valence-corrected chi connectivity index (χ4v) is 5.50. The normalized spacial score (nSPS) is 13.4. The van der Waals surface area contributed by atoms with Gasteiger partial charge in [0.15, 0.2) is 0 Å². The molecule has 0 radical (unpaired) electrons. The number of aldehydes is 1. The van der Waals surface area contributed by atoms with Crippen LogP contribution in [0.4, 0.5) is 0 Å². The van der Waals surface area contributed by atoms with E-state index < -0.39 is 11.9 Å². The van der Waals surface area contributed by atoms with Crippen molar-refractivity contribution in [3.8, 4) is 0 Å². The van der Waals surface area contributed by atoms with Gasteiger partial charge in [0.05, 0.1) is 0 Å². The van der Waals surface area contributed by atoms with Crippen LogP contribution in [0.25, 0.3) is 30.4 Å². The zero-order chi connectivity index (χ0) is 30.3. The summed E-state index contributed by atoms with van der Waals surface area (Å²) in [6, 6.07) is 0. The molecule has 9 nitrogen and oxygen atoms in total. The molecule has 5 heterocycles. The second kappa shape index (κ2) is 12.4. The van der Waals surface area contributed by atoms with Crippen molar-refractivity contribution in [2.75, 3.05) is 0 Å². The number of hydrogen-bond donors (Lipinski definition) is 2. The molecule has 8 bridgehead atoms. The van der Waals surface area contributed by atoms with E-state index in [0.29, 0.717) is 55.3 Å². The van der Waals surface area contributed by atoms with E-state index in [1.54, 1.807) is 18.2 Å². The molecule has 0 saturated carbocycles. The summed E-state index contributed by atoms with van der Waals surface area (Å²) in [7, 11) is 0. The van der Waals surface area contributed by atoms with Gasteiger partial charge in [-0.15, -0.1) is 44.2 Å². The topological polar surface area (TPSA) is 148 Å². The Labute approximate surface area is 258 Å². The molecule has 4 aromatic heterocycles. The van der Waals surface area contributed by atoms with Crippen LogP contribution in [0.1, 0.15) is 84.9 Å². The molecule has 1 aliphatic rings. The smallest absolute Gasteiger partial charge is 0.657 e. The van der Waals surface area contributed by atoms with Gasteiger partial charge in [-0.2, -0.15) is 0 Å². The van der Waals surface area contributed by atoms with Crippen LogP contribution in [0.2, 0.25) is 0 Å². The molecule has 0 aliphatic carbocycles. The first-order valence-electron chi connectivity index (χ1n) is 13.6. The van der Waals surface area contributed by atoms with E-state index in [2.05, 4.69) is 6.58 Å². The molecule has 43 heavy (non-hydrogen) atoms. The summed E-state index contributed by atoms with van der Waals surface area (Å²) >= 11 is 0. The quantitative estimate of drug-likeness (QED) is 0.191. The Morgan fingerprint density at radius 1 is 0.651 bits per heavy atom. The molecule has 10 heteroatoms. The van der Waals surface area contributed by atoms with Crippen molar-refractivity contribution in [3.63, 3.8) is 0 Å². The van der Waals surface area contributed by atoms with Crippen molar-refractivity contribution in [2.45, 2.75) is 53.4 Å². The van der Waals surface area contributed by atoms with Crippen LogP contribution in [0.5, 0.6) is 0 Å². The van der Waals surface area contributed by atoms with Gasteiger partial charge in [-0.05, 0) is 46.1 Å². The van der Waals surface area contributed by atoms with E-state index in [9.17, 15) is 24.6 Å². The third-order valence-corrected chi connectivity index (χ3v) is 7.98. The third-order valence-electron chi connectivity index (χ3n) is 7.98. The van der Waals surface area contributed by atoms with Gasteiger partial charge in [0.25, 0.3) is 0 Å². The Bertz CT molecular complexity index is 2030. The standard InChI is InChI=1S/C33H33N4O5.Fe/c1-6-20-16(2)26-13-31-23(15-38)19(5)25(37-31)11-24-17(3)21(7-9-32(39)40)29(35-24)14-30-22(8-10-33(41)42)18(4)27(36-30)12-28(20)34-26;/h6,11-15H,1,7-10H2,2-5H3,(H5-,34,35,36,37,38,39,40,41,42);/q-1;+4/p-3/b24-11?,25-11?,26-13?,27-12-,28-12?,29-14?,30-14-,31-13?;. The minimum atomic E-state index is -0.925. The van der Waals surface area contributed by atoms with Gasteiger partial charge in [-0.1, -0.05) is 70.3 Å². The second-order valence-electron chi connectivity index (χ2n) is 10.5. The number of carbonyl (C=O) groups is 3. The SMILES string of the molecule is C=Cc1c2[n-]c(c1C)C=c1[n-]c(c(C)c1C=O)=Cc1[n-]c(c(CCC(=O)O)c1C)/C=c1\[n-]/c(c(C)c1CCC(=O)O)=C\2.[Fe+4]. The van der Waals surface area contributed by atoms with E-state index in [-0.39, 0.29) is 42.8 Å². The third kappa shape index (κ3) is 5.89. The van der Waals surface area contributed by atoms with Crippen molar-refractivity contribution in [2.24, 2.45) is 0 Å². The predicted molar refractivity (Wildman–Crippen MR) is 158 cm³/mol. The molecule has 0 unspecified atom stereocenters. The molecule has 0 saturated heterocycles. The van der Waals surface area contributed by atoms with Crippen LogP contribution in [0.3, 0.4) is 0 Å². The Morgan fingerprint density at radius 3 is 1.79 bits per heavy atom. The average molecular weight is 618 g/mol. The molecular formula is C33H30FeN4O5. The van der Waals surface area contributed by atoms with Gasteiger partial charge in [0.1, 0.15) is 6.29 Å². The zero-order valence-electron chi connectivity index (χ0n) is 24.3. The molecule has 5 rings (SSSR count). The van der Waals surface area contributed by atoms with Crippen molar-refractivity contribution in [3.05, 3.63) is 95.3 Å². The minimum Gasteiger partial charge on any atom is -0.657 e. The summed E-state index contributed by atoms with van der Waals surface area (Å²) in [6.45, 7) is 11.5. The maximum Gasteiger partial charge on any atom is 4.00 e. The fourth-order valence-electron chi connectivity index (χ4n) is 5.50. The number of carbonyl (C=O) groups excluding carboxylic acids is 1. The number of carboxylic acids is 2. The van der Waals surface area contributed by atoms with Gasteiger partial charge in [-0.3, -0.25) is 14.4 Å². The molecule has 0 atom stereocenters. The Kier molecular flexibility index (Phi) is 9.04. The van der Waals surface area contributed by atoms with E-state index in [1.165, 1.54) is 0 Å². The van der Waals surface area contributed by atoms with E-state index in [1.807, 2.05) is 39.8 Å². The van der Waals surface area contributed by atoms with Crippen LogP contribution in [0.15, 0.2) is 6.58 Å². The van der Waals surface area contributed by atoms with Crippen molar-refractivity contribution < 1.29 is 41.7 Å². The molecule has 2 N–H and O–H groups in total. The largest absolute Gasteiger partial charge is 4.00 e. The number of hydrogen-bond acceptors (Lipinski definition) is 3. The first kappa shape index (κ1) is 31.4. The number of aromatic nitrogens is 4. The summed E-state index contributed by atoms with van der Waals surface area (Å²) in [4.78, 5) is 54.5. The van der Waals surface area contributed by atoms with Crippen LogP contribution in [-0.4, -0.2) is 28.4 Å². The summed E-state index contributed by atoms with van der Waals surface area (Å²) in [6.07, 6.45) is 10.1. The number of aliphatic carboxylic acids is 2. The molecule has 1 aliphatic heterocycles. The second-order valence-corrected chi connectivity index (χ2v) is 10.5. The first-order valence-corrected chi connectivity index (χ1v) is 13.6. The minimum absolute atomic E-state index is 0. The van der Waals surface area contributed by atoms with Crippen LogP contribution in [-0.2, 0) is 39.5 Å². The van der Waals surface area contributed by atoms with Gasteiger partial charge in [0, 0.05) is 18.4 Å². The molecule has 220 valence electrons. The number of rotatable bonds is 8. The monoisotopic (exact) mass is 618 g/mol. The van der Waals surface area contributed by atoms with Gasteiger partial charge < -0.3 is 30.1 Å². The molecule has 4 aromatic rings.